The van der Waals surface area contributed by atoms with E-state index in [9.17, 15) is 9.59 Å². The Hall–Kier alpha value is -1.27. The van der Waals surface area contributed by atoms with Crippen LogP contribution < -0.4 is 5.32 Å². The summed E-state index contributed by atoms with van der Waals surface area (Å²) in [6, 6.07) is 3.59. The van der Waals surface area contributed by atoms with Gasteiger partial charge in [0.05, 0.1) is 10.9 Å². The lowest BCUT2D eigenvalue weighted by Crippen LogP contribution is -2.37. The average molecular weight is 319 g/mol. The van der Waals surface area contributed by atoms with Gasteiger partial charge in [0, 0.05) is 24.9 Å². The molecular weight excluding hydrogens is 300 g/mol. The molecule has 0 aliphatic heterocycles. The molecule has 0 aliphatic carbocycles. The zero-order valence-corrected chi connectivity index (χ0v) is 13.0. The second-order valence-corrected chi connectivity index (χ2v) is 6.30. The number of hydrogen-bond donors (Lipinski definition) is 2. The number of unbranched alkanes of at least 4 members (excludes halogenated alkanes) is 2. The molecule has 112 valence electrons. The Balaban J connectivity index is 2.14. The molecule has 0 spiro atoms. The van der Waals surface area contributed by atoms with E-state index in [1.54, 1.807) is 11.9 Å². The van der Waals surface area contributed by atoms with Gasteiger partial charge in [-0.25, -0.2) is 4.79 Å². The minimum absolute atomic E-state index is 0.132. The second-order valence-electron chi connectivity index (χ2n) is 4.50. The van der Waals surface area contributed by atoms with E-state index in [4.69, 9.17) is 16.7 Å². The Morgan fingerprint density at radius 3 is 2.70 bits per heavy atom. The van der Waals surface area contributed by atoms with Gasteiger partial charge in [0.15, 0.2) is 0 Å². The molecule has 0 aromatic carbocycles. The Kier molecular flexibility index (Phi) is 7.40. The van der Waals surface area contributed by atoms with Crippen LogP contribution in [0.25, 0.3) is 0 Å². The number of urea groups is 1. The van der Waals surface area contributed by atoms with Crippen LogP contribution in [0.2, 0.25) is 4.34 Å². The molecule has 1 aromatic heterocycles. The third kappa shape index (κ3) is 6.77. The van der Waals surface area contributed by atoms with Crippen LogP contribution in [0, 0.1) is 0 Å². The van der Waals surface area contributed by atoms with E-state index in [1.165, 1.54) is 11.3 Å². The van der Waals surface area contributed by atoms with Crippen LogP contribution in [-0.4, -0.2) is 35.6 Å². The highest BCUT2D eigenvalue weighted by Crippen LogP contribution is 2.22. The van der Waals surface area contributed by atoms with Crippen molar-refractivity contribution in [2.24, 2.45) is 0 Å². The van der Waals surface area contributed by atoms with Gasteiger partial charge < -0.3 is 15.3 Å². The zero-order valence-electron chi connectivity index (χ0n) is 11.4. The number of nitrogens with zero attached hydrogens (tertiary/aromatic N) is 1. The number of rotatable bonds is 8. The molecule has 0 bridgehead atoms. The predicted molar refractivity (Wildman–Crippen MR) is 80.3 cm³/mol. The number of carboxylic acid groups (broad SMARTS) is 1. The fourth-order valence-electron chi connectivity index (χ4n) is 1.65. The summed E-state index contributed by atoms with van der Waals surface area (Å²) < 4.78 is 0.715. The highest BCUT2D eigenvalue weighted by Gasteiger charge is 2.09. The number of halogens is 1. The second kappa shape index (κ2) is 8.81. The van der Waals surface area contributed by atoms with Gasteiger partial charge in [-0.2, -0.15) is 0 Å². The molecular formula is C13H19ClN2O3S. The normalized spacial score (nSPS) is 10.3. The van der Waals surface area contributed by atoms with E-state index in [-0.39, 0.29) is 12.5 Å². The van der Waals surface area contributed by atoms with Gasteiger partial charge in [-0.15, -0.1) is 11.3 Å². The quantitative estimate of drug-likeness (QED) is 0.723. The van der Waals surface area contributed by atoms with Gasteiger partial charge in [-0.3, -0.25) is 4.79 Å². The fraction of sp³-hybridized carbons (Fsp3) is 0.538. The monoisotopic (exact) mass is 318 g/mol. The van der Waals surface area contributed by atoms with Gasteiger partial charge >= 0.3 is 12.0 Å². The number of carboxylic acids is 1. The van der Waals surface area contributed by atoms with E-state index in [2.05, 4.69) is 5.32 Å². The summed E-state index contributed by atoms with van der Waals surface area (Å²) in [5, 5.41) is 11.3. The topological polar surface area (TPSA) is 69.6 Å². The van der Waals surface area contributed by atoms with Crippen LogP contribution >= 0.6 is 22.9 Å². The third-order valence-electron chi connectivity index (χ3n) is 2.71. The van der Waals surface area contributed by atoms with Crippen molar-refractivity contribution in [1.82, 2.24) is 10.2 Å². The molecule has 1 rings (SSSR count). The van der Waals surface area contributed by atoms with E-state index in [0.29, 0.717) is 23.8 Å². The van der Waals surface area contributed by atoms with Crippen molar-refractivity contribution in [2.75, 3.05) is 13.6 Å². The molecule has 2 amide bonds. The summed E-state index contributed by atoms with van der Waals surface area (Å²) in [6.07, 6.45) is 2.43. The van der Waals surface area contributed by atoms with Gasteiger partial charge in [-0.1, -0.05) is 18.0 Å². The first kappa shape index (κ1) is 16.8. The molecule has 0 fully saturated rings. The first-order chi connectivity index (χ1) is 9.49. The van der Waals surface area contributed by atoms with Crippen molar-refractivity contribution in [3.05, 3.63) is 21.3 Å². The lowest BCUT2D eigenvalue weighted by molar-refractivity contribution is -0.137. The lowest BCUT2D eigenvalue weighted by Gasteiger charge is -2.17. The third-order valence-corrected chi connectivity index (χ3v) is 3.93. The SMILES string of the molecule is CN(Cc1ccc(Cl)s1)C(=O)NCCCCCC(=O)O. The fourth-order valence-corrected chi connectivity index (χ4v) is 2.79. The van der Waals surface area contributed by atoms with Crippen LogP contribution in [0.15, 0.2) is 12.1 Å². The van der Waals surface area contributed by atoms with E-state index < -0.39 is 5.97 Å². The van der Waals surface area contributed by atoms with Crippen molar-refractivity contribution in [2.45, 2.75) is 32.2 Å². The molecule has 7 heteroatoms. The van der Waals surface area contributed by atoms with E-state index in [0.717, 1.165) is 17.7 Å². The maximum absolute atomic E-state index is 11.8. The molecule has 0 radical (unpaired) electrons. The van der Waals surface area contributed by atoms with E-state index in [1.807, 2.05) is 12.1 Å². The molecule has 0 saturated carbocycles. The van der Waals surface area contributed by atoms with Crippen molar-refractivity contribution in [3.8, 4) is 0 Å². The molecule has 0 unspecified atom stereocenters. The minimum atomic E-state index is -0.775. The molecule has 0 atom stereocenters. The lowest BCUT2D eigenvalue weighted by atomic mass is 10.2. The van der Waals surface area contributed by atoms with Crippen molar-refractivity contribution < 1.29 is 14.7 Å². The average Bonchev–Trinajstić information content (AvgIpc) is 2.78. The summed E-state index contributed by atoms with van der Waals surface area (Å²) in [5.74, 6) is -0.775. The maximum atomic E-state index is 11.8. The number of nitrogens with one attached hydrogen (secondary N) is 1. The molecule has 5 nitrogen and oxygen atoms in total. The number of amides is 2. The van der Waals surface area contributed by atoms with Crippen LogP contribution in [-0.2, 0) is 11.3 Å². The highest BCUT2D eigenvalue weighted by molar-refractivity contribution is 7.16. The van der Waals surface area contributed by atoms with Gasteiger partial charge in [-0.05, 0) is 25.0 Å². The smallest absolute Gasteiger partial charge is 0.317 e. The van der Waals surface area contributed by atoms with Crippen LogP contribution in [0.5, 0.6) is 0 Å². The molecule has 1 aromatic rings. The van der Waals surface area contributed by atoms with Gasteiger partial charge in [0.2, 0.25) is 0 Å². The standard InChI is InChI=1S/C13H19ClN2O3S/c1-16(9-10-6-7-11(14)20-10)13(19)15-8-4-2-3-5-12(17)18/h6-7H,2-5,8-9H2,1H3,(H,15,19)(H,17,18). The largest absolute Gasteiger partial charge is 0.481 e. The van der Waals surface area contributed by atoms with Crippen molar-refractivity contribution in [1.29, 1.82) is 0 Å². The molecule has 2 N–H and O–H groups in total. The Morgan fingerprint density at radius 2 is 2.10 bits per heavy atom. The zero-order chi connectivity index (χ0) is 15.0. The molecule has 20 heavy (non-hydrogen) atoms. The number of thiophene rings is 1. The number of carbonyl (C=O) groups excluding carboxylic acids is 1. The highest BCUT2D eigenvalue weighted by atomic mass is 35.5. The van der Waals surface area contributed by atoms with Crippen molar-refractivity contribution in [3.63, 3.8) is 0 Å². The first-order valence-corrected chi connectivity index (χ1v) is 7.63. The van der Waals surface area contributed by atoms with Crippen molar-refractivity contribution >= 4 is 34.9 Å². The Bertz CT molecular complexity index is 451. The van der Waals surface area contributed by atoms with Gasteiger partial charge in [0.1, 0.15) is 0 Å². The van der Waals surface area contributed by atoms with Crippen LogP contribution in [0.3, 0.4) is 0 Å². The van der Waals surface area contributed by atoms with Crippen LogP contribution in [0.4, 0.5) is 4.79 Å². The van der Waals surface area contributed by atoms with E-state index >= 15 is 0 Å². The summed E-state index contributed by atoms with van der Waals surface area (Å²) in [6.45, 7) is 1.09. The number of aliphatic carboxylic acids is 1. The molecule has 1 heterocycles. The summed E-state index contributed by atoms with van der Waals surface area (Å²) >= 11 is 7.29. The molecule has 0 saturated heterocycles. The van der Waals surface area contributed by atoms with Crippen LogP contribution in [0.1, 0.15) is 30.6 Å². The number of carbonyl (C=O) groups is 2. The summed E-state index contributed by atoms with van der Waals surface area (Å²) in [4.78, 5) is 24.7. The first-order valence-electron chi connectivity index (χ1n) is 6.44. The van der Waals surface area contributed by atoms with Gasteiger partial charge in [0.25, 0.3) is 0 Å². The Morgan fingerprint density at radius 1 is 1.35 bits per heavy atom. The minimum Gasteiger partial charge on any atom is -0.481 e. The summed E-state index contributed by atoms with van der Waals surface area (Å²) in [7, 11) is 1.73. The molecule has 0 aliphatic rings. The summed E-state index contributed by atoms with van der Waals surface area (Å²) in [5.41, 5.74) is 0. The Labute approximate surface area is 127 Å². The number of hydrogen-bond acceptors (Lipinski definition) is 3. The maximum Gasteiger partial charge on any atom is 0.317 e. The predicted octanol–water partition coefficient (Wildman–Crippen LogP) is 3.19.